The Morgan fingerprint density at radius 1 is 0.373 bits per heavy atom. The first kappa shape index (κ1) is 43.2. The second kappa shape index (κ2) is 20.2. The SMILES string of the molecule is CC.CC.CC.CC.CC(C)(C1CCC(c2ccc(O)cc2)(c2ccc(O)cc2)CC1)C1CCC(c2ccc(O)cc2)(c2ccc(O)cc2)CC1. The summed E-state index contributed by atoms with van der Waals surface area (Å²) in [7, 11) is 0. The third-order valence-corrected chi connectivity index (χ3v) is 11.5. The quantitative estimate of drug-likeness (QED) is 0.162. The minimum absolute atomic E-state index is 0.132. The lowest BCUT2D eigenvalue weighted by Crippen LogP contribution is -2.43. The van der Waals surface area contributed by atoms with Crippen molar-refractivity contribution in [1.29, 1.82) is 0 Å². The molecule has 0 aliphatic heterocycles. The van der Waals surface area contributed by atoms with Gasteiger partial charge in [0.05, 0.1) is 0 Å². The van der Waals surface area contributed by atoms with Gasteiger partial charge in [-0.15, -0.1) is 0 Å². The number of rotatable bonds is 6. The summed E-state index contributed by atoms with van der Waals surface area (Å²) < 4.78 is 0. The number of benzene rings is 4. The van der Waals surface area contributed by atoms with Gasteiger partial charge >= 0.3 is 0 Å². The fourth-order valence-corrected chi connectivity index (χ4v) is 8.65. The molecule has 0 unspecified atom stereocenters. The van der Waals surface area contributed by atoms with Gasteiger partial charge in [-0.25, -0.2) is 0 Å². The molecule has 51 heavy (non-hydrogen) atoms. The molecule has 0 saturated heterocycles. The maximum Gasteiger partial charge on any atom is 0.115 e. The van der Waals surface area contributed by atoms with Crippen molar-refractivity contribution in [3.63, 3.8) is 0 Å². The van der Waals surface area contributed by atoms with Crippen LogP contribution < -0.4 is 0 Å². The molecule has 0 spiro atoms. The predicted octanol–water partition coefficient (Wildman–Crippen LogP) is 13.3. The van der Waals surface area contributed by atoms with E-state index >= 15 is 0 Å². The topological polar surface area (TPSA) is 80.9 Å². The number of aromatic hydroxyl groups is 4. The van der Waals surface area contributed by atoms with Crippen molar-refractivity contribution in [2.24, 2.45) is 17.3 Å². The van der Waals surface area contributed by atoms with Crippen molar-refractivity contribution in [2.45, 2.75) is 131 Å². The van der Waals surface area contributed by atoms with E-state index in [-0.39, 0.29) is 39.2 Å². The summed E-state index contributed by atoms with van der Waals surface area (Å²) >= 11 is 0. The lowest BCUT2D eigenvalue weighted by atomic mass is 9.53. The molecule has 2 aliphatic carbocycles. The molecule has 0 bridgehead atoms. The van der Waals surface area contributed by atoms with Crippen LogP contribution in [0.15, 0.2) is 97.1 Å². The first-order valence-corrected chi connectivity index (χ1v) is 19.8. The highest BCUT2D eigenvalue weighted by Crippen LogP contribution is 2.57. The zero-order valence-corrected chi connectivity index (χ0v) is 33.3. The van der Waals surface area contributed by atoms with Gasteiger partial charge in [-0.05, 0) is 139 Å². The Morgan fingerprint density at radius 3 is 0.725 bits per heavy atom. The Morgan fingerprint density at radius 2 is 0.549 bits per heavy atom. The Hall–Kier alpha value is -3.92. The third kappa shape index (κ3) is 9.70. The molecule has 2 saturated carbocycles. The normalized spacial score (nSPS) is 16.7. The molecular weight excluding hydrogens is 629 g/mol. The van der Waals surface area contributed by atoms with Crippen LogP contribution in [0.5, 0.6) is 23.0 Å². The van der Waals surface area contributed by atoms with Gasteiger partial charge in [-0.3, -0.25) is 0 Å². The second-order valence-electron chi connectivity index (χ2n) is 13.7. The molecule has 6 rings (SSSR count). The van der Waals surface area contributed by atoms with Gasteiger partial charge in [-0.2, -0.15) is 0 Å². The Balaban J connectivity index is 0.00000105. The highest BCUT2D eigenvalue weighted by Gasteiger charge is 2.48. The van der Waals surface area contributed by atoms with Crippen LogP contribution in [0.3, 0.4) is 0 Å². The molecule has 4 nitrogen and oxygen atoms in total. The Bertz CT molecular complexity index is 1290. The van der Waals surface area contributed by atoms with E-state index in [4.69, 9.17) is 0 Å². The summed E-state index contributed by atoms with van der Waals surface area (Å²) in [6, 6.07) is 30.9. The zero-order chi connectivity index (χ0) is 38.2. The van der Waals surface area contributed by atoms with Crippen molar-refractivity contribution in [1.82, 2.24) is 0 Å². The van der Waals surface area contributed by atoms with Gasteiger partial charge in [0, 0.05) is 10.8 Å². The average molecular weight is 697 g/mol. The van der Waals surface area contributed by atoms with Crippen molar-refractivity contribution in [2.75, 3.05) is 0 Å². The first-order chi connectivity index (χ1) is 24.6. The highest BCUT2D eigenvalue weighted by molar-refractivity contribution is 5.45. The van der Waals surface area contributed by atoms with Gasteiger partial charge in [-0.1, -0.05) is 118 Å². The van der Waals surface area contributed by atoms with E-state index in [9.17, 15) is 20.4 Å². The van der Waals surface area contributed by atoms with Crippen LogP contribution in [-0.2, 0) is 10.8 Å². The molecule has 0 heterocycles. The minimum atomic E-state index is -0.132. The molecule has 0 aromatic heterocycles. The van der Waals surface area contributed by atoms with Crippen molar-refractivity contribution in [3.8, 4) is 23.0 Å². The highest BCUT2D eigenvalue weighted by atomic mass is 16.3. The zero-order valence-electron chi connectivity index (χ0n) is 33.3. The van der Waals surface area contributed by atoms with E-state index in [2.05, 4.69) is 62.4 Å². The van der Waals surface area contributed by atoms with Crippen LogP contribution in [0.4, 0.5) is 0 Å². The number of phenols is 4. The van der Waals surface area contributed by atoms with E-state index in [0.29, 0.717) is 11.8 Å². The van der Waals surface area contributed by atoms with Gasteiger partial charge in [0.25, 0.3) is 0 Å². The van der Waals surface area contributed by atoms with Crippen LogP contribution in [0.2, 0.25) is 0 Å². The largest absolute Gasteiger partial charge is 0.508 e. The van der Waals surface area contributed by atoms with Gasteiger partial charge in [0.15, 0.2) is 0 Å². The van der Waals surface area contributed by atoms with E-state index in [1.165, 1.54) is 22.3 Å². The van der Waals surface area contributed by atoms with Crippen molar-refractivity contribution < 1.29 is 20.4 Å². The van der Waals surface area contributed by atoms with Crippen molar-refractivity contribution in [3.05, 3.63) is 119 Å². The maximum absolute atomic E-state index is 9.99. The van der Waals surface area contributed by atoms with E-state index in [1.54, 1.807) is 48.5 Å². The van der Waals surface area contributed by atoms with Crippen LogP contribution in [0, 0.1) is 17.3 Å². The Kier molecular flexibility index (Phi) is 17.1. The van der Waals surface area contributed by atoms with Crippen LogP contribution in [0.25, 0.3) is 0 Å². The molecule has 0 radical (unpaired) electrons. The molecule has 4 heteroatoms. The third-order valence-electron chi connectivity index (χ3n) is 11.5. The molecule has 4 aromatic carbocycles. The smallest absolute Gasteiger partial charge is 0.115 e. The standard InChI is InChI=1S/C39H44O4.4C2H6/c1-37(2,27-19-23-38(24-20-27,29-3-11-33(40)12-4-29)30-5-13-34(41)14-6-30)28-21-25-39(26-22-28,31-7-15-35(42)16-8-31)32-9-17-36(43)18-10-32;4*1-2/h3-18,27-28,40-43H,19-26H2,1-2H3;4*1-2H3. The maximum atomic E-state index is 9.99. The van der Waals surface area contributed by atoms with E-state index < -0.39 is 0 Å². The summed E-state index contributed by atoms with van der Waals surface area (Å²) in [5, 5.41) is 40.0. The van der Waals surface area contributed by atoms with Gasteiger partial charge in [0.1, 0.15) is 23.0 Å². The molecule has 4 aromatic rings. The van der Waals surface area contributed by atoms with Crippen LogP contribution >= 0.6 is 0 Å². The van der Waals surface area contributed by atoms with Crippen LogP contribution in [-0.4, -0.2) is 20.4 Å². The van der Waals surface area contributed by atoms with E-state index in [1.807, 2.05) is 55.4 Å². The summed E-state index contributed by atoms with van der Waals surface area (Å²) in [5.41, 5.74) is 4.86. The van der Waals surface area contributed by atoms with Crippen molar-refractivity contribution >= 4 is 0 Å². The van der Waals surface area contributed by atoms with Gasteiger partial charge < -0.3 is 20.4 Å². The number of phenolic OH excluding ortho intramolecular Hbond substituents is 4. The summed E-state index contributed by atoms with van der Waals surface area (Å²) in [5.74, 6) is 2.35. The number of hydrogen-bond donors (Lipinski definition) is 4. The molecule has 2 aliphatic rings. The predicted molar refractivity (Wildman–Crippen MR) is 217 cm³/mol. The fraction of sp³-hybridized carbons (Fsp3) is 0.489. The molecule has 2 fully saturated rings. The Labute approximate surface area is 310 Å². The fourth-order valence-electron chi connectivity index (χ4n) is 8.65. The molecule has 4 N–H and O–H groups in total. The lowest BCUT2D eigenvalue weighted by molar-refractivity contribution is 0.0364. The minimum Gasteiger partial charge on any atom is -0.508 e. The monoisotopic (exact) mass is 697 g/mol. The second-order valence-corrected chi connectivity index (χ2v) is 13.7. The number of hydrogen-bond acceptors (Lipinski definition) is 4. The summed E-state index contributed by atoms with van der Waals surface area (Å²) in [6.45, 7) is 21.0. The van der Waals surface area contributed by atoms with E-state index in [0.717, 1.165) is 51.4 Å². The summed E-state index contributed by atoms with van der Waals surface area (Å²) in [6.07, 6.45) is 8.67. The van der Waals surface area contributed by atoms with Crippen LogP contribution in [0.1, 0.15) is 143 Å². The molecule has 0 amide bonds. The first-order valence-electron chi connectivity index (χ1n) is 19.8. The molecular formula is C47H68O4. The molecule has 280 valence electrons. The lowest BCUT2D eigenvalue weighted by Gasteiger charge is -2.51. The molecule has 0 atom stereocenters. The average Bonchev–Trinajstić information content (AvgIpc) is 3.19. The summed E-state index contributed by atoms with van der Waals surface area (Å²) in [4.78, 5) is 0. The van der Waals surface area contributed by atoms with Gasteiger partial charge in [0.2, 0.25) is 0 Å².